The SMILES string of the molecule is Cc1ccc(-c2csc3nc(Cl)nc(N4CCN(C(=O)c5ccco5)CC4)c23)c(C)c1. The summed E-state index contributed by atoms with van der Waals surface area (Å²) in [6, 6.07) is 9.90. The monoisotopic (exact) mass is 452 g/mol. The Labute approximate surface area is 189 Å². The zero-order valence-corrected chi connectivity index (χ0v) is 18.8. The van der Waals surface area contributed by atoms with Crippen LogP contribution in [0.1, 0.15) is 21.7 Å². The molecule has 158 valence electrons. The molecule has 0 unspecified atom stereocenters. The van der Waals surface area contributed by atoms with Crippen molar-refractivity contribution < 1.29 is 9.21 Å². The number of thiophene rings is 1. The van der Waals surface area contributed by atoms with E-state index in [9.17, 15) is 4.79 Å². The smallest absolute Gasteiger partial charge is 0.289 e. The van der Waals surface area contributed by atoms with Gasteiger partial charge in [-0.1, -0.05) is 23.8 Å². The van der Waals surface area contributed by atoms with Crippen LogP contribution >= 0.6 is 22.9 Å². The lowest BCUT2D eigenvalue weighted by atomic mass is 9.99. The van der Waals surface area contributed by atoms with Crippen molar-refractivity contribution in [2.45, 2.75) is 13.8 Å². The Kier molecular flexibility index (Phi) is 5.16. The van der Waals surface area contributed by atoms with E-state index < -0.39 is 0 Å². The van der Waals surface area contributed by atoms with Gasteiger partial charge in [-0.05, 0) is 48.7 Å². The summed E-state index contributed by atoms with van der Waals surface area (Å²) in [5.41, 5.74) is 4.75. The molecule has 6 nitrogen and oxygen atoms in total. The summed E-state index contributed by atoms with van der Waals surface area (Å²) in [7, 11) is 0. The molecule has 1 amide bonds. The molecule has 0 N–H and O–H groups in total. The number of anilines is 1. The first-order chi connectivity index (χ1) is 15.0. The summed E-state index contributed by atoms with van der Waals surface area (Å²) < 4.78 is 5.27. The number of rotatable bonds is 3. The van der Waals surface area contributed by atoms with Crippen molar-refractivity contribution in [2.75, 3.05) is 31.1 Å². The Hall–Kier alpha value is -2.90. The average molecular weight is 453 g/mol. The largest absolute Gasteiger partial charge is 0.459 e. The van der Waals surface area contributed by atoms with Gasteiger partial charge in [-0.15, -0.1) is 11.3 Å². The van der Waals surface area contributed by atoms with Gasteiger partial charge in [0.15, 0.2) is 5.76 Å². The van der Waals surface area contributed by atoms with E-state index in [2.05, 4.69) is 52.3 Å². The zero-order chi connectivity index (χ0) is 21.5. The van der Waals surface area contributed by atoms with Gasteiger partial charge in [0.05, 0.1) is 11.6 Å². The van der Waals surface area contributed by atoms with Crippen molar-refractivity contribution in [3.8, 4) is 11.1 Å². The third-order valence-electron chi connectivity index (χ3n) is 5.66. The molecule has 0 spiro atoms. The molecular weight excluding hydrogens is 432 g/mol. The molecule has 8 heteroatoms. The van der Waals surface area contributed by atoms with Crippen LogP contribution in [-0.2, 0) is 0 Å². The van der Waals surface area contributed by atoms with Crippen molar-refractivity contribution in [2.24, 2.45) is 0 Å². The van der Waals surface area contributed by atoms with E-state index >= 15 is 0 Å². The number of benzene rings is 1. The van der Waals surface area contributed by atoms with E-state index in [0.29, 0.717) is 31.9 Å². The van der Waals surface area contributed by atoms with Crippen LogP contribution in [0.25, 0.3) is 21.3 Å². The number of halogens is 1. The molecule has 3 aromatic heterocycles. The molecule has 1 aromatic carbocycles. The van der Waals surface area contributed by atoms with Crippen LogP contribution in [0.3, 0.4) is 0 Å². The Morgan fingerprint density at radius 1 is 1.10 bits per heavy atom. The standard InChI is InChI=1S/C23H21ClN4O2S/c1-14-5-6-16(15(2)12-14)17-13-31-21-19(17)20(25-23(24)26-21)27-7-9-28(10-8-27)22(29)18-4-3-11-30-18/h3-6,11-13H,7-10H2,1-2H3. The molecule has 0 bridgehead atoms. The second-order valence-corrected chi connectivity index (χ2v) is 8.92. The predicted octanol–water partition coefficient (Wildman–Crippen LogP) is 5.18. The topological polar surface area (TPSA) is 62.5 Å². The molecule has 5 rings (SSSR count). The maximum atomic E-state index is 12.6. The highest BCUT2D eigenvalue weighted by atomic mass is 35.5. The van der Waals surface area contributed by atoms with E-state index in [0.717, 1.165) is 21.6 Å². The molecule has 0 aliphatic carbocycles. The molecule has 0 radical (unpaired) electrons. The van der Waals surface area contributed by atoms with E-state index in [1.165, 1.54) is 23.0 Å². The summed E-state index contributed by atoms with van der Waals surface area (Å²) in [6.07, 6.45) is 1.52. The highest BCUT2D eigenvalue weighted by Gasteiger charge is 2.27. The van der Waals surface area contributed by atoms with Gasteiger partial charge in [-0.25, -0.2) is 4.98 Å². The summed E-state index contributed by atoms with van der Waals surface area (Å²) in [5.74, 6) is 1.12. The van der Waals surface area contributed by atoms with Crippen LogP contribution in [0.5, 0.6) is 0 Å². The number of fused-ring (bicyclic) bond motifs is 1. The van der Waals surface area contributed by atoms with Crippen LogP contribution in [-0.4, -0.2) is 47.0 Å². The first-order valence-corrected chi connectivity index (χ1v) is 11.4. The Bertz CT molecular complexity index is 1260. The molecule has 0 atom stereocenters. The first kappa shape index (κ1) is 20.0. The van der Waals surface area contributed by atoms with E-state index in [1.807, 2.05) is 4.90 Å². The van der Waals surface area contributed by atoms with Crippen molar-refractivity contribution >= 4 is 44.9 Å². The second kappa shape index (κ2) is 7.98. The van der Waals surface area contributed by atoms with Crippen LogP contribution in [0.4, 0.5) is 5.82 Å². The number of aromatic nitrogens is 2. The molecule has 0 saturated carbocycles. The van der Waals surface area contributed by atoms with Gasteiger partial charge in [0.1, 0.15) is 10.6 Å². The number of aryl methyl sites for hydroxylation is 2. The van der Waals surface area contributed by atoms with Gasteiger partial charge < -0.3 is 14.2 Å². The third-order valence-corrected chi connectivity index (χ3v) is 6.70. The second-order valence-electron chi connectivity index (χ2n) is 7.72. The summed E-state index contributed by atoms with van der Waals surface area (Å²) in [4.78, 5) is 26.6. The minimum absolute atomic E-state index is 0.0815. The molecule has 1 fully saturated rings. The Balaban J connectivity index is 1.49. The zero-order valence-electron chi connectivity index (χ0n) is 17.3. The van der Waals surface area contributed by atoms with Crippen LogP contribution in [0, 0.1) is 13.8 Å². The van der Waals surface area contributed by atoms with Crippen LogP contribution in [0.15, 0.2) is 46.4 Å². The van der Waals surface area contributed by atoms with Gasteiger partial charge >= 0.3 is 0 Å². The lowest BCUT2D eigenvalue weighted by Gasteiger charge is -2.35. The van der Waals surface area contributed by atoms with Crippen LogP contribution < -0.4 is 4.90 Å². The van der Waals surface area contributed by atoms with Gasteiger partial charge in [0.25, 0.3) is 5.91 Å². The third kappa shape index (κ3) is 3.68. The number of hydrogen-bond acceptors (Lipinski definition) is 6. The summed E-state index contributed by atoms with van der Waals surface area (Å²) in [6.45, 7) is 6.73. The normalized spacial score (nSPS) is 14.4. The maximum Gasteiger partial charge on any atom is 0.289 e. The van der Waals surface area contributed by atoms with Gasteiger partial charge in [-0.3, -0.25) is 4.79 Å². The number of amides is 1. The van der Waals surface area contributed by atoms with Crippen molar-refractivity contribution in [1.29, 1.82) is 0 Å². The minimum Gasteiger partial charge on any atom is -0.459 e. The molecule has 4 aromatic rings. The van der Waals surface area contributed by atoms with Crippen molar-refractivity contribution in [3.05, 3.63) is 64.1 Å². The number of carbonyl (C=O) groups is 1. The lowest BCUT2D eigenvalue weighted by Crippen LogP contribution is -2.49. The number of carbonyl (C=O) groups excluding carboxylic acids is 1. The van der Waals surface area contributed by atoms with Crippen molar-refractivity contribution in [1.82, 2.24) is 14.9 Å². The number of hydrogen-bond donors (Lipinski definition) is 0. The van der Waals surface area contributed by atoms with Gasteiger partial charge in [0, 0.05) is 37.1 Å². The Morgan fingerprint density at radius 2 is 1.90 bits per heavy atom. The molecular formula is C23H21ClN4O2S. The molecule has 31 heavy (non-hydrogen) atoms. The number of furan rings is 1. The van der Waals surface area contributed by atoms with E-state index in [4.69, 9.17) is 16.0 Å². The molecule has 1 saturated heterocycles. The highest BCUT2D eigenvalue weighted by Crippen LogP contribution is 2.40. The molecule has 1 aliphatic rings. The quantitative estimate of drug-likeness (QED) is 0.400. The lowest BCUT2D eigenvalue weighted by molar-refractivity contribution is 0.0714. The fourth-order valence-electron chi connectivity index (χ4n) is 4.12. The minimum atomic E-state index is -0.0815. The molecule has 1 aliphatic heterocycles. The predicted molar refractivity (Wildman–Crippen MR) is 124 cm³/mol. The van der Waals surface area contributed by atoms with E-state index in [1.54, 1.807) is 23.5 Å². The summed E-state index contributed by atoms with van der Waals surface area (Å²) >= 11 is 7.86. The van der Waals surface area contributed by atoms with Crippen molar-refractivity contribution in [3.63, 3.8) is 0 Å². The summed E-state index contributed by atoms with van der Waals surface area (Å²) in [5, 5.41) is 3.39. The maximum absolute atomic E-state index is 12.6. The number of piperazine rings is 1. The van der Waals surface area contributed by atoms with Crippen LogP contribution in [0.2, 0.25) is 5.28 Å². The van der Waals surface area contributed by atoms with E-state index in [-0.39, 0.29) is 11.2 Å². The Morgan fingerprint density at radius 3 is 2.61 bits per heavy atom. The first-order valence-electron chi connectivity index (χ1n) is 10.1. The van der Waals surface area contributed by atoms with Gasteiger partial charge in [0.2, 0.25) is 5.28 Å². The number of nitrogens with zero attached hydrogens (tertiary/aromatic N) is 4. The molecule has 4 heterocycles. The fraction of sp³-hybridized carbons (Fsp3) is 0.261. The highest BCUT2D eigenvalue weighted by molar-refractivity contribution is 7.17. The van der Waals surface area contributed by atoms with Gasteiger partial charge in [-0.2, -0.15) is 4.98 Å². The fourth-order valence-corrected chi connectivity index (χ4v) is 5.27. The average Bonchev–Trinajstić information content (AvgIpc) is 3.43.